The molecule has 1 N–H and O–H groups in total. The van der Waals surface area contributed by atoms with Gasteiger partial charge in [0.05, 0.1) is 6.04 Å². The van der Waals surface area contributed by atoms with E-state index in [-0.39, 0.29) is 5.82 Å². The van der Waals surface area contributed by atoms with Gasteiger partial charge in [-0.2, -0.15) is 4.80 Å². The molecule has 1 saturated heterocycles. The van der Waals surface area contributed by atoms with Gasteiger partial charge in [-0.05, 0) is 36.2 Å². The van der Waals surface area contributed by atoms with Gasteiger partial charge in [0.15, 0.2) is 5.82 Å². The predicted molar refractivity (Wildman–Crippen MR) is 68.1 cm³/mol. The zero-order valence-corrected chi connectivity index (χ0v) is 10.6. The van der Waals surface area contributed by atoms with Crippen molar-refractivity contribution in [1.82, 2.24) is 25.5 Å². The molecule has 1 aromatic heterocycles. The third kappa shape index (κ3) is 2.78. The smallest absolute Gasteiger partial charge is 0.175 e. The summed E-state index contributed by atoms with van der Waals surface area (Å²) < 4.78 is 13.5. The minimum Gasteiger partial charge on any atom is -0.314 e. The Morgan fingerprint density at radius 1 is 1.32 bits per heavy atom. The molecule has 0 radical (unpaired) electrons. The number of rotatable bonds is 4. The Morgan fingerprint density at radius 3 is 3.00 bits per heavy atom. The van der Waals surface area contributed by atoms with Crippen LogP contribution in [0.1, 0.15) is 23.9 Å². The molecule has 6 heteroatoms. The van der Waals surface area contributed by atoms with Crippen LogP contribution in [0, 0.1) is 5.82 Å². The van der Waals surface area contributed by atoms with Crippen LogP contribution in [-0.2, 0) is 12.8 Å². The van der Waals surface area contributed by atoms with Gasteiger partial charge in [0.25, 0.3) is 0 Å². The molecule has 2 aromatic rings. The Hall–Kier alpha value is -1.82. The number of nitrogens with one attached hydrogen (secondary N) is 1. The summed E-state index contributed by atoms with van der Waals surface area (Å²) in [5, 5.41) is 15.7. The Balaban J connectivity index is 1.63. The first kappa shape index (κ1) is 12.2. The van der Waals surface area contributed by atoms with Crippen LogP contribution in [0.2, 0.25) is 0 Å². The molecule has 1 unspecified atom stereocenters. The summed E-state index contributed by atoms with van der Waals surface area (Å²) in [6.07, 6.45) is 2.24. The van der Waals surface area contributed by atoms with Crippen LogP contribution in [0.25, 0.3) is 0 Å². The number of benzene rings is 1. The standard InChI is InChI=1S/C13H16FN5/c14-12-4-2-1-3-10(12)5-6-13-16-18-19(17-13)11-7-8-15-9-11/h1-4,11,15H,5-9H2. The van der Waals surface area contributed by atoms with Gasteiger partial charge in [0.2, 0.25) is 0 Å². The second-order valence-corrected chi connectivity index (χ2v) is 4.76. The summed E-state index contributed by atoms with van der Waals surface area (Å²) in [6, 6.07) is 7.10. The molecule has 1 aliphatic heterocycles. The molecule has 0 spiro atoms. The Kier molecular flexibility index (Phi) is 3.50. The second kappa shape index (κ2) is 5.44. The van der Waals surface area contributed by atoms with Gasteiger partial charge in [0.1, 0.15) is 5.82 Å². The molecule has 100 valence electrons. The van der Waals surface area contributed by atoms with E-state index >= 15 is 0 Å². The van der Waals surface area contributed by atoms with Crippen molar-refractivity contribution in [2.24, 2.45) is 0 Å². The minimum absolute atomic E-state index is 0.171. The summed E-state index contributed by atoms with van der Waals surface area (Å²) in [4.78, 5) is 1.68. The quantitative estimate of drug-likeness (QED) is 0.896. The molecule has 1 fully saturated rings. The Bertz CT molecular complexity index is 547. The number of aryl methyl sites for hydroxylation is 2. The molecule has 1 atom stereocenters. The molecule has 1 aromatic carbocycles. The normalized spacial score (nSPS) is 18.9. The molecule has 0 amide bonds. The van der Waals surface area contributed by atoms with Crippen LogP contribution in [0.3, 0.4) is 0 Å². The summed E-state index contributed by atoms with van der Waals surface area (Å²) in [7, 11) is 0. The van der Waals surface area contributed by atoms with E-state index < -0.39 is 0 Å². The maximum Gasteiger partial charge on any atom is 0.175 e. The van der Waals surface area contributed by atoms with E-state index in [1.807, 2.05) is 6.07 Å². The van der Waals surface area contributed by atoms with Crippen molar-refractivity contribution in [3.05, 3.63) is 41.5 Å². The van der Waals surface area contributed by atoms with Crippen molar-refractivity contribution in [3.8, 4) is 0 Å². The highest BCUT2D eigenvalue weighted by molar-refractivity contribution is 5.17. The van der Waals surface area contributed by atoms with E-state index in [0.717, 1.165) is 19.5 Å². The van der Waals surface area contributed by atoms with Gasteiger partial charge in [-0.3, -0.25) is 0 Å². The third-order valence-corrected chi connectivity index (χ3v) is 3.41. The lowest BCUT2D eigenvalue weighted by Gasteiger charge is -2.04. The first-order valence-corrected chi connectivity index (χ1v) is 6.55. The maximum atomic E-state index is 13.5. The van der Waals surface area contributed by atoms with Gasteiger partial charge in [-0.1, -0.05) is 18.2 Å². The van der Waals surface area contributed by atoms with E-state index in [0.29, 0.717) is 30.3 Å². The molecule has 0 aliphatic carbocycles. The first-order valence-electron chi connectivity index (χ1n) is 6.55. The van der Waals surface area contributed by atoms with Crippen molar-refractivity contribution in [1.29, 1.82) is 0 Å². The molecule has 0 bridgehead atoms. The van der Waals surface area contributed by atoms with Crippen LogP contribution >= 0.6 is 0 Å². The molecule has 19 heavy (non-hydrogen) atoms. The Morgan fingerprint density at radius 2 is 2.21 bits per heavy atom. The lowest BCUT2D eigenvalue weighted by atomic mass is 10.1. The molecule has 0 saturated carbocycles. The van der Waals surface area contributed by atoms with Crippen molar-refractivity contribution in [2.75, 3.05) is 13.1 Å². The SMILES string of the molecule is Fc1ccccc1CCc1nnn(C2CCNC2)n1. The number of hydrogen-bond donors (Lipinski definition) is 1. The zero-order chi connectivity index (χ0) is 13.1. The van der Waals surface area contributed by atoms with E-state index in [1.54, 1.807) is 16.9 Å². The molecular weight excluding hydrogens is 245 g/mol. The molecule has 5 nitrogen and oxygen atoms in total. The van der Waals surface area contributed by atoms with Crippen LogP contribution in [0.15, 0.2) is 24.3 Å². The number of tetrazole rings is 1. The van der Waals surface area contributed by atoms with Crippen LogP contribution in [0.5, 0.6) is 0 Å². The highest BCUT2D eigenvalue weighted by Crippen LogP contribution is 2.12. The number of aromatic nitrogens is 4. The molecule has 3 rings (SSSR count). The maximum absolute atomic E-state index is 13.5. The van der Waals surface area contributed by atoms with E-state index in [2.05, 4.69) is 20.7 Å². The second-order valence-electron chi connectivity index (χ2n) is 4.76. The van der Waals surface area contributed by atoms with Crippen molar-refractivity contribution in [2.45, 2.75) is 25.3 Å². The molecule has 2 heterocycles. The fourth-order valence-corrected chi connectivity index (χ4v) is 2.29. The monoisotopic (exact) mass is 261 g/mol. The molecule has 1 aliphatic rings. The summed E-state index contributed by atoms with van der Waals surface area (Å²) in [6.45, 7) is 1.89. The van der Waals surface area contributed by atoms with Crippen LogP contribution in [-0.4, -0.2) is 33.3 Å². The fraction of sp³-hybridized carbons (Fsp3) is 0.462. The van der Waals surface area contributed by atoms with Crippen LogP contribution in [0.4, 0.5) is 4.39 Å². The summed E-state index contributed by atoms with van der Waals surface area (Å²) in [5.74, 6) is 0.505. The summed E-state index contributed by atoms with van der Waals surface area (Å²) in [5.41, 5.74) is 0.696. The topological polar surface area (TPSA) is 55.6 Å². The third-order valence-electron chi connectivity index (χ3n) is 3.41. The molecular formula is C13H16FN5. The van der Waals surface area contributed by atoms with Gasteiger partial charge in [-0.15, -0.1) is 10.2 Å². The van der Waals surface area contributed by atoms with Gasteiger partial charge in [-0.25, -0.2) is 4.39 Å². The minimum atomic E-state index is -0.171. The predicted octanol–water partition coefficient (Wildman–Crippen LogP) is 1.13. The highest BCUT2D eigenvalue weighted by Gasteiger charge is 2.19. The Labute approximate surface area is 110 Å². The zero-order valence-electron chi connectivity index (χ0n) is 10.6. The van der Waals surface area contributed by atoms with Gasteiger partial charge < -0.3 is 5.32 Å². The van der Waals surface area contributed by atoms with E-state index in [4.69, 9.17) is 0 Å². The lowest BCUT2D eigenvalue weighted by Crippen LogP contribution is -2.16. The van der Waals surface area contributed by atoms with Crippen molar-refractivity contribution in [3.63, 3.8) is 0 Å². The van der Waals surface area contributed by atoms with Crippen molar-refractivity contribution < 1.29 is 4.39 Å². The van der Waals surface area contributed by atoms with E-state index in [9.17, 15) is 4.39 Å². The van der Waals surface area contributed by atoms with Crippen molar-refractivity contribution >= 4 is 0 Å². The average molecular weight is 261 g/mol. The van der Waals surface area contributed by atoms with Crippen LogP contribution < -0.4 is 5.32 Å². The fourth-order valence-electron chi connectivity index (χ4n) is 2.29. The summed E-state index contributed by atoms with van der Waals surface area (Å²) >= 11 is 0. The number of halogens is 1. The van der Waals surface area contributed by atoms with E-state index in [1.165, 1.54) is 6.07 Å². The van der Waals surface area contributed by atoms with Gasteiger partial charge in [0, 0.05) is 13.0 Å². The average Bonchev–Trinajstić information content (AvgIpc) is 3.09. The largest absolute Gasteiger partial charge is 0.314 e. The lowest BCUT2D eigenvalue weighted by molar-refractivity contribution is 0.422. The first-order chi connectivity index (χ1) is 9.33. The number of hydrogen-bond acceptors (Lipinski definition) is 4. The number of nitrogens with zero attached hydrogens (tertiary/aromatic N) is 4. The van der Waals surface area contributed by atoms with Gasteiger partial charge >= 0.3 is 0 Å². The highest BCUT2D eigenvalue weighted by atomic mass is 19.1.